The van der Waals surface area contributed by atoms with Crippen molar-refractivity contribution in [2.45, 2.75) is 64.4 Å². The Morgan fingerprint density at radius 1 is 1.03 bits per heavy atom. The van der Waals surface area contributed by atoms with Crippen molar-refractivity contribution >= 4 is 35.2 Å². The Kier molecular flexibility index (Phi) is 6.21. The fraction of sp³-hybridized carbons (Fsp3) is 0.619. The summed E-state index contributed by atoms with van der Waals surface area (Å²) in [6.07, 6.45) is -5.67. The number of halogens is 5. The van der Waals surface area contributed by atoms with Crippen molar-refractivity contribution in [1.82, 2.24) is 9.80 Å². The molecular formula is C21H25Cl2F3N2O3. The van der Waals surface area contributed by atoms with E-state index in [2.05, 4.69) is 0 Å². The molecule has 2 atom stereocenters. The van der Waals surface area contributed by atoms with Crippen LogP contribution in [-0.4, -0.2) is 52.7 Å². The first kappa shape index (κ1) is 24.0. The molecule has 10 heteroatoms. The van der Waals surface area contributed by atoms with Gasteiger partial charge in [0.15, 0.2) is 0 Å². The van der Waals surface area contributed by atoms with Gasteiger partial charge in [-0.05, 0) is 64.3 Å². The number of piperazine rings is 1. The Bertz CT molecular complexity index is 861. The molecule has 5 nitrogen and oxygen atoms in total. The molecule has 1 saturated carbocycles. The third kappa shape index (κ3) is 4.90. The number of carbonyl (C=O) groups excluding carboxylic acids is 2. The first-order valence-corrected chi connectivity index (χ1v) is 10.7. The standard InChI is InChI=1S/C21H25Cl2F3N2O3/c1-12-10-28(18(30)31-19(2,3)4)16(13-7-14(22)9-15(23)8-13)11-27(12)17(29)20(5-6-20)21(24,25)26/h7-9,12,16H,5-6,10-11H2,1-4H3/t12-,16+/m1/s1. The van der Waals surface area contributed by atoms with Gasteiger partial charge in [0.1, 0.15) is 11.0 Å². The number of benzene rings is 1. The van der Waals surface area contributed by atoms with Crippen LogP contribution in [0.3, 0.4) is 0 Å². The lowest BCUT2D eigenvalue weighted by Crippen LogP contribution is -2.59. The van der Waals surface area contributed by atoms with Crippen molar-refractivity contribution in [3.05, 3.63) is 33.8 Å². The minimum atomic E-state index is -4.61. The Labute approximate surface area is 189 Å². The zero-order valence-electron chi connectivity index (χ0n) is 17.7. The summed E-state index contributed by atoms with van der Waals surface area (Å²) < 4.78 is 46.2. The van der Waals surface area contributed by atoms with E-state index in [0.29, 0.717) is 15.6 Å². The molecule has 1 aromatic carbocycles. The van der Waals surface area contributed by atoms with Gasteiger partial charge in [-0.3, -0.25) is 9.69 Å². The van der Waals surface area contributed by atoms with Crippen LogP contribution in [0.15, 0.2) is 18.2 Å². The van der Waals surface area contributed by atoms with Gasteiger partial charge in [0, 0.05) is 29.2 Å². The Balaban J connectivity index is 1.96. The first-order chi connectivity index (χ1) is 14.1. The Morgan fingerprint density at radius 2 is 1.58 bits per heavy atom. The number of alkyl halides is 3. The lowest BCUT2D eigenvalue weighted by molar-refractivity contribution is -0.201. The van der Waals surface area contributed by atoms with E-state index in [1.54, 1.807) is 39.8 Å². The van der Waals surface area contributed by atoms with Crippen LogP contribution in [0, 0.1) is 5.41 Å². The van der Waals surface area contributed by atoms with Gasteiger partial charge >= 0.3 is 12.3 Å². The highest BCUT2D eigenvalue weighted by Gasteiger charge is 2.70. The van der Waals surface area contributed by atoms with Crippen LogP contribution in [0.25, 0.3) is 0 Å². The number of ether oxygens (including phenoxy) is 1. The number of rotatable bonds is 2. The first-order valence-electron chi connectivity index (χ1n) is 9.98. The quantitative estimate of drug-likeness (QED) is 0.533. The monoisotopic (exact) mass is 480 g/mol. The van der Waals surface area contributed by atoms with Crippen LogP contribution in [0.5, 0.6) is 0 Å². The second-order valence-corrected chi connectivity index (χ2v) is 10.1. The zero-order chi connectivity index (χ0) is 23.4. The van der Waals surface area contributed by atoms with E-state index < -0.39 is 41.3 Å². The molecule has 0 spiro atoms. The SMILES string of the molecule is C[C@@H]1CN(C(=O)OC(C)(C)C)[C@H](c2cc(Cl)cc(Cl)c2)CN1C(=O)C1(C(F)(F)F)CC1. The largest absolute Gasteiger partial charge is 0.444 e. The average molecular weight is 481 g/mol. The number of hydrogen-bond donors (Lipinski definition) is 0. The fourth-order valence-corrected chi connectivity index (χ4v) is 4.40. The molecule has 2 aliphatic rings. The molecule has 0 bridgehead atoms. The van der Waals surface area contributed by atoms with Gasteiger partial charge in [0.05, 0.1) is 6.04 Å². The molecule has 2 fully saturated rings. The van der Waals surface area contributed by atoms with Gasteiger partial charge < -0.3 is 9.64 Å². The van der Waals surface area contributed by atoms with Crippen LogP contribution >= 0.6 is 23.2 Å². The predicted octanol–water partition coefficient (Wildman–Crippen LogP) is 5.84. The van der Waals surface area contributed by atoms with Crippen molar-refractivity contribution in [2.75, 3.05) is 13.1 Å². The van der Waals surface area contributed by atoms with Gasteiger partial charge in [0.2, 0.25) is 5.91 Å². The highest BCUT2D eigenvalue weighted by atomic mass is 35.5. The molecule has 1 aliphatic heterocycles. The van der Waals surface area contributed by atoms with Gasteiger partial charge in [-0.15, -0.1) is 0 Å². The fourth-order valence-electron chi connectivity index (χ4n) is 3.85. The molecule has 0 N–H and O–H groups in total. The summed E-state index contributed by atoms with van der Waals surface area (Å²) in [5.74, 6) is -0.950. The van der Waals surface area contributed by atoms with Crippen LogP contribution in [0.4, 0.5) is 18.0 Å². The van der Waals surface area contributed by atoms with Crippen molar-refractivity contribution < 1.29 is 27.5 Å². The molecule has 1 saturated heterocycles. The average Bonchev–Trinajstić information content (AvgIpc) is 3.40. The van der Waals surface area contributed by atoms with Crippen LogP contribution in [0.2, 0.25) is 10.0 Å². The maximum absolute atomic E-state index is 13.6. The maximum Gasteiger partial charge on any atom is 0.410 e. The summed E-state index contributed by atoms with van der Waals surface area (Å²) >= 11 is 12.2. The lowest BCUT2D eigenvalue weighted by atomic mass is 9.96. The normalized spacial score (nSPS) is 23.5. The van der Waals surface area contributed by atoms with Crippen molar-refractivity contribution in [3.8, 4) is 0 Å². The molecule has 2 amide bonds. The Morgan fingerprint density at radius 3 is 2.03 bits per heavy atom. The van der Waals surface area contributed by atoms with E-state index in [0.717, 1.165) is 0 Å². The molecule has 0 unspecified atom stereocenters. The van der Waals surface area contributed by atoms with Crippen LogP contribution < -0.4 is 0 Å². The Hall–Kier alpha value is -1.67. The molecule has 1 aromatic rings. The second kappa shape index (κ2) is 8.03. The van der Waals surface area contributed by atoms with E-state index in [1.165, 1.54) is 15.9 Å². The van der Waals surface area contributed by atoms with E-state index in [9.17, 15) is 22.8 Å². The molecule has 31 heavy (non-hydrogen) atoms. The zero-order valence-corrected chi connectivity index (χ0v) is 19.2. The van der Waals surface area contributed by atoms with Crippen molar-refractivity contribution in [1.29, 1.82) is 0 Å². The molecule has 1 heterocycles. The van der Waals surface area contributed by atoms with E-state index >= 15 is 0 Å². The minimum absolute atomic E-state index is 0.0173. The summed E-state index contributed by atoms with van der Waals surface area (Å²) in [5, 5.41) is 0.634. The number of amides is 2. The van der Waals surface area contributed by atoms with Gasteiger partial charge in [-0.1, -0.05) is 23.2 Å². The third-order valence-corrected chi connectivity index (χ3v) is 6.04. The molecular weight excluding hydrogens is 456 g/mol. The summed E-state index contributed by atoms with van der Waals surface area (Å²) in [5.41, 5.74) is -2.57. The van der Waals surface area contributed by atoms with Gasteiger partial charge in [-0.25, -0.2) is 4.79 Å². The maximum atomic E-state index is 13.6. The molecule has 172 valence electrons. The van der Waals surface area contributed by atoms with E-state index in [-0.39, 0.29) is 25.9 Å². The topological polar surface area (TPSA) is 49.9 Å². The third-order valence-electron chi connectivity index (χ3n) is 5.60. The van der Waals surface area contributed by atoms with Gasteiger partial charge in [0.25, 0.3) is 0 Å². The van der Waals surface area contributed by atoms with Gasteiger partial charge in [-0.2, -0.15) is 13.2 Å². The van der Waals surface area contributed by atoms with E-state index in [1.807, 2.05) is 0 Å². The molecule has 0 radical (unpaired) electrons. The minimum Gasteiger partial charge on any atom is -0.444 e. The van der Waals surface area contributed by atoms with Crippen LogP contribution in [-0.2, 0) is 9.53 Å². The number of hydrogen-bond acceptors (Lipinski definition) is 3. The summed E-state index contributed by atoms with van der Waals surface area (Å²) in [7, 11) is 0. The number of carbonyl (C=O) groups is 2. The van der Waals surface area contributed by atoms with E-state index in [4.69, 9.17) is 27.9 Å². The summed E-state index contributed by atoms with van der Waals surface area (Å²) in [6.45, 7) is 6.69. The van der Waals surface area contributed by atoms with Crippen molar-refractivity contribution in [2.24, 2.45) is 5.41 Å². The molecule has 1 aliphatic carbocycles. The molecule has 0 aromatic heterocycles. The summed E-state index contributed by atoms with van der Waals surface area (Å²) in [4.78, 5) is 28.5. The van der Waals surface area contributed by atoms with Crippen LogP contribution in [0.1, 0.15) is 52.1 Å². The lowest BCUT2D eigenvalue weighted by Gasteiger charge is -2.46. The predicted molar refractivity (Wildman–Crippen MR) is 111 cm³/mol. The highest BCUT2D eigenvalue weighted by Crippen LogP contribution is 2.59. The highest BCUT2D eigenvalue weighted by molar-refractivity contribution is 6.34. The number of nitrogens with zero attached hydrogens (tertiary/aromatic N) is 2. The van der Waals surface area contributed by atoms with Crippen molar-refractivity contribution in [3.63, 3.8) is 0 Å². The summed E-state index contributed by atoms with van der Waals surface area (Å²) in [6, 6.07) is 3.32. The molecule has 3 rings (SSSR count). The smallest absolute Gasteiger partial charge is 0.410 e. The second-order valence-electron chi connectivity index (χ2n) is 9.24.